The van der Waals surface area contributed by atoms with Crippen molar-refractivity contribution in [3.8, 4) is 0 Å². The number of anilines is 2. The van der Waals surface area contributed by atoms with E-state index in [9.17, 15) is 4.79 Å². The van der Waals surface area contributed by atoms with Crippen LogP contribution < -0.4 is 21.3 Å². The minimum Gasteiger partial charge on any atom is -0.322 e. The number of benzene rings is 2. The van der Waals surface area contributed by atoms with Crippen molar-refractivity contribution in [2.45, 2.75) is 46.0 Å². The minimum absolute atomic E-state index is 0.244. The fourth-order valence-electron chi connectivity index (χ4n) is 4.04. The standard InChI is InChI=1S/C25H28N4O/c1-5-18-9-6-7-10-19(18)11-8-14-29-22-13-12-20(16(2)3)15-21(22)28-23-24(29)26-17(4)27-25(23)30/h6-7,9-10,12-13,15-16H,4-5,8,11,14H2,1-3H3,(H,27,30). The van der Waals surface area contributed by atoms with Crippen LogP contribution in [-0.4, -0.2) is 16.5 Å². The molecule has 0 unspecified atom stereocenters. The zero-order chi connectivity index (χ0) is 21.3. The Hall–Kier alpha value is -3.21. The van der Waals surface area contributed by atoms with Crippen LogP contribution in [0.15, 0.2) is 52.3 Å². The van der Waals surface area contributed by atoms with Crippen LogP contribution in [0.25, 0.3) is 6.58 Å². The molecule has 0 atom stereocenters. The molecule has 1 aliphatic rings. The van der Waals surface area contributed by atoms with Crippen molar-refractivity contribution in [2.24, 2.45) is 4.99 Å². The highest BCUT2D eigenvalue weighted by atomic mass is 16.1. The zero-order valence-electron chi connectivity index (χ0n) is 17.9. The molecular formula is C25H28N4O. The van der Waals surface area contributed by atoms with Gasteiger partial charge in [-0.2, -0.15) is 0 Å². The van der Waals surface area contributed by atoms with Gasteiger partial charge in [0.15, 0.2) is 11.2 Å². The Bertz CT molecular complexity index is 1240. The highest BCUT2D eigenvalue weighted by Gasteiger charge is 2.23. The van der Waals surface area contributed by atoms with E-state index in [1.54, 1.807) is 0 Å². The summed E-state index contributed by atoms with van der Waals surface area (Å²) in [6.07, 6.45) is 2.96. The molecule has 1 aromatic heterocycles. The first-order valence-corrected chi connectivity index (χ1v) is 10.6. The number of nitrogens with one attached hydrogen (secondary N) is 1. The van der Waals surface area contributed by atoms with E-state index in [0.29, 0.717) is 22.6 Å². The predicted molar refractivity (Wildman–Crippen MR) is 122 cm³/mol. The molecule has 30 heavy (non-hydrogen) atoms. The van der Waals surface area contributed by atoms with Crippen LogP contribution in [0.5, 0.6) is 0 Å². The van der Waals surface area contributed by atoms with Crippen LogP contribution >= 0.6 is 0 Å². The highest BCUT2D eigenvalue weighted by molar-refractivity contribution is 5.76. The topological polar surface area (TPSA) is 61.4 Å². The average molecular weight is 401 g/mol. The molecule has 4 rings (SSSR count). The molecule has 0 saturated heterocycles. The van der Waals surface area contributed by atoms with Gasteiger partial charge in [0.2, 0.25) is 0 Å². The molecule has 2 heterocycles. The predicted octanol–water partition coefficient (Wildman–Crippen LogP) is 3.90. The van der Waals surface area contributed by atoms with Gasteiger partial charge < -0.3 is 9.88 Å². The average Bonchev–Trinajstić information content (AvgIpc) is 2.73. The van der Waals surface area contributed by atoms with Gasteiger partial charge in [-0.1, -0.05) is 57.7 Å². The van der Waals surface area contributed by atoms with E-state index < -0.39 is 0 Å². The van der Waals surface area contributed by atoms with Crippen molar-refractivity contribution in [3.05, 3.63) is 80.3 Å². The summed E-state index contributed by atoms with van der Waals surface area (Å²) in [5.41, 5.74) is 5.91. The SMILES string of the molecule is C=c1nc2c(c(=O)[nH]1)=Nc1cc(C(C)C)ccc1N2CCCc1ccccc1CC. The van der Waals surface area contributed by atoms with Crippen LogP contribution in [0.1, 0.15) is 49.8 Å². The summed E-state index contributed by atoms with van der Waals surface area (Å²) in [7, 11) is 0. The molecule has 0 spiro atoms. The lowest BCUT2D eigenvalue weighted by atomic mass is 10.00. The normalized spacial score (nSPS) is 12.5. The van der Waals surface area contributed by atoms with E-state index in [-0.39, 0.29) is 5.56 Å². The van der Waals surface area contributed by atoms with Crippen molar-refractivity contribution >= 4 is 23.8 Å². The van der Waals surface area contributed by atoms with Crippen molar-refractivity contribution in [2.75, 3.05) is 11.4 Å². The zero-order valence-corrected chi connectivity index (χ0v) is 17.9. The van der Waals surface area contributed by atoms with Crippen LogP contribution in [0.4, 0.5) is 17.2 Å². The summed E-state index contributed by atoms with van der Waals surface area (Å²) in [5, 5.41) is 0.366. The Morgan fingerprint density at radius 1 is 1.13 bits per heavy atom. The highest BCUT2D eigenvalue weighted by Crippen LogP contribution is 2.36. The Morgan fingerprint density at radius 3 is 2.63 bits per heavy atom. The molecule has 154 valence electrons. The van der Waals surface area contributed by atoms with Gasteiger partial charge in [0, 0.05) is 6.54 Å². The smallest absolute Gasteiger partial charge is 0.279 e. The van der Waals surface area contributed by atoms with Gasteiger partial charge in [-0.15, -0.1) is 0 Å². The molecule has 1 N–H and O–H groups in total. The lowest BCUT2D eigenvalue weighted by Gasteiger charge is -2.28. The molecule has 0 amide bonds. The molecule has 0 radical (unpaired) electrons. The molecule has 0 saturated carbocycles. The van der Waals surface area contributed by atoms with Gasteiger partial charge in [0.25, 0.3) is 5.56 Å². The summed E-state index contributed by atoms with van der Waals surface area (Å²) in [5.74, 6) is 0.988. The van der Waals surface area contributed by atoms with E-state index in [4.69, 9.17) is 0 Å². The quantitative estimate of drug-likeness (QED) is 0.683. The largest absolute Gasteiger partial charge is 0.322 e. The molecule has 0 aliphatic carbocycles. The third kappa shape index (κ3) is 3.80. The Morgan fingerprint density at radius 2 is 1.90 bits per heavy atom. The van der Waals surface area contributed by atoms with Gasteiger partial charge in [-0.3, -0.25) is 4.79 Å². The van der Waals surface area contributed by atoms with E-state index in [2.05, 4.69) is 89.7 Å². The maximum Gasteiger partial charge on any atom is 0.279 e. The number of nitrogens with zero attached hydrogens (tertiary/aromatic N) is 3. The second-order valence-corrected chi connectivity index (χ2v) is 8.08. The number of aryl methyl sites for hydroxylation is 2. The van der Waals surface area contributed by atoms with Crippen LogP contribution in [0, 0.1) is 0 Å². The second-order valence-electron chi connectivity index (χ2n) is 8.08. The molecule has 3 aromatic rings. The maximum absolute atomic E-state index is 12.6. The first kappa shape index (κ1) is 20.1. The summed E-state index contributed by atoms with van der Waals surface area (Å²) >= 11 is 0. The maximum atomic E-state index is 12.6. The first-order valence-electron chi connectivity index (χ1n) is 10.6. The Kier molecular flexibility index (Phi) is 5.53. The van der Waals surface area contributed by atoms with Gasteiger partial charge in [-0.05, 0) is 54.0 Å². The van der Waals surface area contributed by atoms with Crippen LogP contribution in [0.3, 0.4) is 0 Å². The fourth-order valence-corrected chi connectivity index (χ4v) is 4.04. The number of fused-ring (bicyclic) bond motifs is 2. The number of aromatic nitrogens is 2. The number of aromatic amines is 1. The second kappa shape index (κ2) is 8.27. The Labute approximate surface area is 176 Å². The summed E-state index contributed by atoms with van der Waals surface area (Å²) in [6.45, 7) is 11.1. The first-order chi connectivity index (χ1) is 14.5. The van der Waals surface area contributed by atoms with Crippen molar-refractivity contribution in [1.29, 1.82) is 0 Å². The lowest BCUT2D eigenvalue weighted by molar-refractivity contribution is 0.778. The van der Waals surface area contributed by atoms with E-state index in [1.165, 1.54) is 16.7 Å². The van der Waals surface area contributed by atoms with E-state index in [0.717, 1.165) is 37.2 Å². The van der Waals surface area contributed by atoms with E-state index >= 15 is 0 Å². The monoisotopic (exact) mass is 400 g/mol. The molecule has 2 aromatic carbocycles. The molecule has 5 nitrogen and oxygen atoms in total. The molecule has 0 bridgehead atoms. The van der Waals surface area contributed by atoms with Gasteiger partial charge in [0.1, 0.15) is 5.48 Å². The molecule has 0 fully saturated rings. The van der Waals surface area contributed by atoms with Crippen molar-refractivity contribution < 1.29 is 0 Å². The number of hydrogen-bond acceptors (Lipinski definition) is 4. The summed E-state index contributed by atoms with van der Waals surface area (Å²) in [4.78, 5) is 26.6. The summed E-state index contributed by atoms with van der Waals surface area (Å²) in [6, 6.07) is 14.9. The van der Waals surface area contributed by atoms with Crippen molar-refractivity contribution in [1.82, 2.24) is 9.97 Å². The van der Waals surface area contributed by atoms with Gasteiger partial charge in [-0.25, -0.2) is 9.98 Å². The van der Waals surface area contributed by atoms with Gasteiger partial charge >= 0.3 is 0 Å². The third-order valence-electron chi connectivity index (χ3n) is 5.70. The molecule has 1 aliphatic heterocycles. The number of hydrogen-bond donors (Lipinski definition) is 1. The van der Waals surface area contributed by atoms with Crippen molar-refractivity contribution in [3.63, 3.8) is 0 Å². The van der Waals surface area contributed by atoms with Gasteiger partial charge in [0.05, 0.1) is 11.4 Å². The van der Waals surface area contributed by atoms with E-state index in [1.807, 2.05) is 0 Å². The Balaban J connectivity index is 1.72. The molecule has 5 heteroatoms. The van der Waals surface area contributed by atoms with Crippen LogP contribution in [0.2, 0.25) is 0 Å². The fraction of sp³-hybridized carbons (Fsp3) is 0.320. The third-order valence-corrected chi connectivity index (χ3v) is 5.70. The lowest BCUT2D eigenvalue weighted by Crippen LogP contribution is -2.42. The number of rotatable bonds is 6. The molecular weight excluding hydrogens is 372 g/mol. The van der Waals surface area contributed by atoms with Crippen LogP contribution in [-0.2, 0) is 12.8 Å². The minimum atomic E-state index is -0.244. The number of H-pyrrole nitrogens is 1. The summed E-state index contributed by atoms with van der Waals surface area (Å²) < 4.78 is 0.